The number of halogens is 1. The largest absolute Gasteiger partial charge is 0.493 e. The molecule has 2 heteroatoms. The van der Waals surface area contributed by atoms with E-state index >= 15 is 0 Å². The van der Waals surface area contributed by atoms with Crippen LogP contribution in [0.2, 0.25) is 0 Å². The average molecular weight is 287 g/mol. The van der Waals surface area contributed by atoms with Gasteiger partial charge in [-0.15, -0.1) is 11.6 Å². The molecule has 0 amide bonds. The highest BCUT2D eigenvalue weighted by molar-refractivity contribution is 6.20. The van der Waals surface area contributed by atoms with Gasteiger partial charge in [0.2, 0.25) is 0 Å². The Hall–Kier alpha value is -1.47. The van der Waals surface area contributed by atoms with Crippen LogP contribution in [0.25, 0.3) is 0 Å². The van der Waals surface area contributed by atoms with Crippen molar-refractivity contribution >= 4 is 11.6 Å². The monoisotopic (exact) mass is 286 g/mol. The van der Waals surface area contributed by atoms with Crippen LogP contribution in [0.1, 0.15) is 41.7 Å². The smallest absolute Gasteiger partial charge is 0.122 e. The molecule has 0 bridgehead atoms. The Bertz CT molecular complexity index is 552. The SMILES string of the molecule is ClC(CCCC1COc2ccccc21)c1ccccc1. The number of alkyl halides is 1. The third kappa shape index (κ3) is 2.99. The molecule has 0 N–H and O–H groups in total. The molecule has 2 atom stereocenters. The van der Waals surface area contributed by atoms with Gasteiger partial charge in [0.1, 0.15) is 5.75 Å². The van der Waals surface area contributed by atoms with Gasteiger partial charge in [-0.25, -0.2) is 0 Å². The maximum atomic E-state index is 6.46. The molecule has 104 valence electrons. The Morgan fingerprint density at radius 1 is 1.05 bits per heavy atom. The maximum absolute atomic E-state index is 6.46. The van der Waals surface area contributed by atoms with Gasteiger partial charge in [0, 0.05) is 11.5 Å². The zero-order valence-electron chi connectivity index (χ0n) is 11.5. The van der Waals surface area contributed by atoms with Gasteiger partial charge in [0.05, 0.1) is 12.0 Å². The van der Waals surface area contributed by atoms with Gasteiger partial charge in [-0.05, 0) is 24.5 Å². The van der Waals surface area contributed by atoms with E-state index in [0.29, 0.717) is 5.92 Å². The lowest BCUT2D eigenvalue weighted by Gasteiger charge is -2.12. The molecule has 3 rings (SSSR count). The van der Waals surface area contributed by atoms with Crippen molar-refractivity contribution in [3.63, 3.8) is 0 Å². The van der Waals surface area contributed by atoms with Crippen LogP contribution in [0, 0.1) is 0 Å². The molecule has 0 saturated heterocycles. The molecular formula is C18H19ClO. The van der Waals surface area contributed by atoms with E-state index in [-0.39, 0.29) is 5.38 Å². The lowest BCUT2D eigenvalue weighted by atomic mass is 9.94. The predicted octanol–water partition coefficient (Wildman–Crippen LogP) is 5.31. The van der Waals surface area contributed by atoms with E-state index in [2.05, 4.69) is 30.3 Å². The van der Waals surface area contributed by atoms with Gasteiger partial charge >= 0.3 is 0 Å². The van der Waals surface area contributed by atoms with Crippen LogP contribution in [0.15, 0.2) is 54.6 Å². The second-order valence-corrected chi connectivity index (χ2v) is 5.88. The first-order valence-electron chi connectivity index (χ1n) is 7.25. The first kappa shape index (κ1) is 13.5. The lowest BCUT2D eigenvalue weighted by molar-refractivity contribution is 0.322. The highest BCUT2D eigenvalue weighted by Crippen LogP contribution is 2.37. The topological polar surface area (TPSA) is 9.23 Å². The summed E-state index contributed by atoms with van der Waals surface area (Å²) in [6.07, 6.45) is 3.29. The fourth-order valence-electron chi connectivity index (χ4n) is 2.84. The maximum Gasteiger partial charge on any atom is 0.122 e. The van der Waals surface area contributed by atoms with Crippen LogP contribution in [0.4, 0.5) is 0 Å². The van der Waals surface area contributed by atoms with Gasteiger partial charge in [0.25, 0.3) is 0 Å². The van der Waals surface area contributed by atoms with Crippen molar-refractivity contribution < 1.29 is 4.74 Å². The highest BCUT2D eigenvalue weighted by atomic mass is 35.5. The van der Waals surface area contributed by atoms with Crippen molar-refractivity contribution in [2.24, 2.45) is 0 Å². The number of ether oxygens (including phenoxy) is 1. The molecule has 2 aromatic rings. The molecule has 0 fully saturated rings. The number of hydrogen-bond donors (Lipinski definition) is 0. The molecule has 0 radical (unpaired) electrons. The van der Waals surface area contributed by atoms with Crippen molar-refractivity contribution in [3.8, 4) is 5.75 Å². The van der Waals surface area contributed by atoms with Crippen LogP contribution in [-0.2, 0) is 0 Å². The van der Waals surface area contributed by atoms with E-state index in [1.54, 1.807) is 0 Å². The Morgan fingerprint density at radius 2 is 1.80 bits per heavy atom. The van der Waals surface area contributed by atoms with Crippen molar-refractivity contribution in [1.82, 2.24) is 0 Å². The summed E-state index contributed by atoms with van der Waals surface area (Å²) in [5.74, 6) is 1.59. The van der Waals surface area contributed by atoms with E-state index < -0.39 is 0 Å². The molecule has 2 aromatic carbocycles. The number of benzene rings is 2. The molecule has 1 aliphatic heterocycles. The van der Waals surface area contributed by atoms with Crippen molar-refractivity contribution in [1.29, 1.82) is 0 Å². The molecule has 0 aliphatic carbocycles. The van der Waals surface area contributed by atoms with Crippen LogP contribution in [0.3, 0.4) is 0 Å². The number of para-hydroxylation sites is 1. The number of hydrogen-bond acceptors (Lipinski definition) is 1. The second-order valence-electron chi connectivity index (χ2n) is 5.35. The summed E-state index contributed by atoms with van der Waals surface area (Å²) in [6.45, 7) is 0.817. The summed E-state index contributed by atoms with van der Waals surface area (Å²) >= 11 is 6.46. The molecule has 0 saturated carbocycles. The standard InChI is InChI=1S/C18H19ClO/c19-17(14-7-2-1-3-8-14)11-6-9-15-13-20-18-12-5-4-10-16(15)18/h1-5,7-8,10,12,15,17H,6,9,11,13H2. The molecular weight excluding hydrogens is 268 g/mol. The molecule has 0 spiro atoms. The summed E-state index contributed by atoms with van der Waals surface area (Å²) in [4.78, 5) is 0. The predicted molar refractivity (Wildman–Crippen MR) is 83.6 cm³/mol. The molecule has 1 heterocycles. The average Bonchev–Trinajstić information content (AvgIpc) is 2.92. The summed E-state index contributed by atoms with van der Waals surface area (Å²) in [7, 11) is 0. The van der Waals surface area contributed by atoms with Gasteiger partial charge in [0.15, 0.2) is 0 Å². The van der Waals surface area contributed by atoms with E-state index in [1.807, 2.05) is 24.3 Å². The third-order valence-electron chi connectivity index (χ3n) is 3.97. The Morgan fingerprint density at radius 3 is 2.65 bits per heavy atom. The van der Waals surface area contributed by atoms with Crippen LogP contribution >= 0.6 is 11.6 Å². The third-order valence-corrected chi connectivity index (χ3v) is 4.44. The fourth-order valence-corrected chi connectivity index (χ4v) is 3.14. The fraction of sp³-hybridized carbons (Fsp3) is 0.333. The number of fused-ring (bicyclic) bond motifs is 1. The Labute approximate surface area is 125 Å². The summed E-state index contributed by atoms with van der Waals surface area (Å²) in [5.41, 5.74) is 2.58. The van der Waals surface area contributed by atoms with Gasteiger partial charge in [-0.1, -0.05) is 55.0 Å². The number of rotatable bonds is 5. The Balaban J connectivity index is 1.52. The Kier molecular flexibility index (Phi) is 4.27. The molecule has 1 aliphatic rings. The first-order valence-corrected chi connectivity index (χ1v) is 7.69. The summed E-state index contributed by atoms with van der Waals surface area (Å²) in [6, 6.07) is 18.7. The highest BCUT2D eigenvalue weighted by Gasteiger charge is 2.23. The van der Waals surface area contributed by atoms with E-state index in [1.165, 1.54) is 11.1 Å². The minimum atomic E-state index is 0.119. The van der Waals surface area contributed by atoms with Crippen LogP contribution in [0.5, 0.6) is 5.75 Å². The normalized spacial score (nSPS) is 18.4. The van der Waals surface area contributed by atoms with Gasteiger partial charge < -0.3 is 4.74 Å². The quantitative estimate of drug-likeness (QED) is 0.677. The molecule has 1 nitrogen and oxygen atoms in total. The van der Waals surface area contributed by atoms with E-state index in [4.69, 9.17) is 16.3 Å². The second kappa shape index (κ2) is 6.32. The van der Waals surface area contributed by atoms with Crippen molar-refractivity contribution in [2.75, 3.05) is 6.61 Å². The van der Waals surface area contributed by atoms with Crippen molar-refractivity contribution in [3.05, 3.63) is 65.7 Å². The summed E-state index contributed by atoms with van der Waals surface area (Å²) < 4.78 is 5.72. The molecule has 0 aromatic heterocycles. The van der Waals surface area contributed by atoms with Gasteiger partial charge in [-0.2, -0.15) is 0 Å². The zero-order valence-corrected chi connectivity index (χ0v) is 12.2. The molecule has 20 heavy (non-hydrogen) atoms. The van der Waals surface area contributed by atoms with Crippen LogP contribution in [-0.4, -0.2) is 6.61 Å². The van der Waals surface area contributed by atoms with E-state index in [9.17, 15) is 0 Å². The molecule has 2 unspecified atom stereocenters. The zero-order chi connectivity index (χ0) is 13.8. The van der Waals surface area contributed by atoms with Crippen molar-refractivity contribution in [2.45, 2.75) is 30.6 Å². The van der Waals surface area contributed by atoms with Crippen LogP contribution < -0.4 is 4.74 Å². The van der Waals surface area contributed by atoms with Gasteiger partial charge in [-0.3, -0.25) is 0 Å². The van der Waals surface area contributed by atoms with E-state index in [0.717, 1.165) is 31.6 Å². The first-order chi connectivity index (χ1) is 9.84. The minimum Gasteiger partial charge on any atom is -0.493 e. The minimum absolute atomic E-state index is 0.119. The lowest BCUT2D eigenvalue weighted by Crippen LogP contribution is -2.01. The summed E-state index contributed by atoms with van der Waals surface area (Å²) in [5, 5.41) is 0.119.